The molecular formula is C13H10N4O2. The zero-order valence-electron chi connectivity index (χ0n) is 9.85. The van der Waals surface area contributed by atoms with Gasteiger partial charge in [-0.2, -0.15) is 0 Å². The molecule has 0 amide bonds. The van der Waals surface area contributed by atoms with Crippen molar-refractivity contribution in [2.75, 3.05) is 5.73 Å². The van der Waals surface area contributed by atoms with Gasteiger partial charge in [0.15, 0.2) is 0 Å². The van der Waals surface area contributed by atoms with E-state index in [0.29, 0.717) is 11.6 Å². The second-order valence-corrected chi connectivity index (χ2v) is 4.07. The highest BCUT2D eigenvalue weighted by atomic mass is 16.6. The number of non-ortho nitro benzene ring substituents is 1. The summed E-state index contributed by atoms with van der Waals surface area (Å²) >= 11 is 0. The Labute approximate surface area is 108 Å². The highest BCUT2D eigenvalue weighted by Gasteiger charge is 2.12. The molecule has 0 spiro atoms. The first-order chi connectivity index (χ1) is 9.16. The number of benzene rings is 2. The third kappa shape index (κ3) is 1.79. The van der Waals surface area contributed by atoms with E-state index >= 15 is 0 Å². The van der Waals surface area contributed by atoms with E-state index in [1.165, 1.54) is 12.1 Å². The number of para-hydroxylation sites is 2. The molecule has 0 unspecified atom stereocenters. The lowest BCUT2D eigenvalue weighted by Gasteiger charge is -2.05. The molecular weight excluding hydrogens is 244 g/mol. The van der Waals surface area contributed by atoms with Crippen molar-refractivity contribution >= 4 is 22.7 Å². The van der Waals surface area contributed by atoms with E-state index in [9.17, 15) is 10.1 Å². The van der Waals surface area contributed by atoms with Crippen molar-refractivity contribution in [3.05, 3.63) is 58.6 Å². The molecule has 3 aromatic rings. The molecule has 0 bridgehead atoms. The quantitative estimate of drug-likeness (QED) is 0.562. The molecule has 6 heteroatoms. The molecule has 0 fully saturated rings. The zero-order chi connectivity index (χ0) is 13.4. The van der Waals surface area contributed by atoms with Crippen LogP contribution in [0.4, 0.5) is 11.6 Å². The monoisotopic (exact) mass is 254 g/mol. The van der Waals surface area contributed by atoms with E-state index in [1.807, 2.05) is 24.3 Å². The molecule has 0 radical (unpaired) electrons. The van der Waals surface area contributed by atoms with E-state index < -0.39 is 4.92 Å². The predicted molar refractivity (Wildman–Crippen MR) is 72.1 cm³/mol. The smallest absolute Gasteiger partial charge is 0.271 e. The van der Waals surface area contributed by atoms with Crippen molar-refractivity contribution in [1.82, 2.24) is 9.55 Å². The Hall–Kier alpha value is -2.89. The molecule has 94 valence electrons. The lowest BCUT2D eigenvalue weighted by Crippen LogP contribution is -2.01. The summed E-state index contributed by atoms with van der Waals surface area (Å²) in [5.74, 6) is 0.307. The summed E-state index contributed by atoms with van der Waals surface area (Å²) in [5.41, 5.74) is 8.12. The second-order valence-electron chi connectivity index (χ2n) is 4.07. The summed E-state index contributed by atoms with van der Waals surface area (Å²) in [4.78, 5) is 14.6. The Balaban J connectivity index is 2.27. The number of hydrogen-bond acceptors (Lipinski definition) is 4. The van der Waals surface area contributed by atoms with Crippen LogP contribution in [0.3, 0.4) is 0 Å². The Kier molecular flexibility index (Phi) is 2.42. The normalized spacial score (nSPS) is 10.7. The van der Waals surface area contributed by atoms with Crippen LogP contribution in [0.15, 0.2) is 48.5 Å². The Morgan fingerprint density at radius 2 is 1.95 bits per heavy atom. The number of hydrogen-bond donors (Lipinski definition) is 1. The fourth-order valence-corrected chi connectivity index (χ4v) is 2.06. The number of nitrogen functional groups attached to an aromatic ring is 1. The van der Waals surface area contributed by atoms with Crippen LogP contribution < -0.4 is 5.73 Å². The standard InChI is InChI=1S/C13H10N4O2/c14-13-15-11-6-1-2-7-12(11)16(13)9-4-3-5-10(8-9)17(18)19/h1-8H,(H2,14,15). The first kappa shape index (κ1) is 11.2. The molecule has 0 saturated carbocycles. The topological polar surface area (TPSA) is 87.0 Å². The predicted octanol–water partition coefficient (Wildman–Crippen LogP) is 2.52. The average molecular weight is 254 g/mol. The third-order valence-electron chi connectivity index (χ3n) is 2.89. The molecule has 2 N–H and O–H groups in total. The van der Waals surface area contributed by atoms with Gasteiger partial charge in [0.2, 0.25) is 5.95 Å². The number of nitro groups is 1. The largest absolute Gasteiger partial charge is 0.369 e. The van der Waals surface area contributed by atoms with Gasteiger partial charge in [0.25, 0.3) is 5.69 Å². The summed E-state index contributed by atoms with van der Waals surface area (Å²) in [6.07, 6.45) is 0. The first-order valence-corrected chi connectivity index (χ1v) is 5.64. The Bertz CT molecular complexity index is 779. The first-order valence-electron chi connectivity index (χ1n) is 5.64. The lowest BCUT2D eigenvalue weighted by molar-refractivity contribution is -0.384. The van der Waals surface area contributed by atoms with Crippen LogP contribution in [0.1, 0.15) is 0 Å². The molecule has 0 atom stereocenters. The van der Waals surface area contributed by atoms with Gasteiger partial charge >= 0.3 is 0 Å². The molecule has 1 aromatic heterocycles. The van der Waals surface area contributed by atoms with Gasteiger partial charge < -0.3 is 5.73 Å². The van der Waals surface area contributed by atoms with E-state index in [-0.39, 0.29) is 5.69 Å². The van der Waals surface area contributed by atoms with Gasteiger partial charge in [-0.3, -0.25) is 14.7 Å². The molecule has 1 heterocycles. The zero-order valence-corrected chi connectivity index (χ0v) is 9.85. The summed E-state index contributed by atoms with van der Waals surface area (Å²) in [6, 6.07) is 13.8. The molecule has 19 heavy (non-hydrogen) atoms. The molecule has 0 aliphatic rings. The summed E-state index contributed by atoms with van der Waals surface area (Å²) in [5, 5.41) is 10.8. The number of nitrogens with zero attached hydrogens (tertiary/aromatic N) is 3. The number of nitro benzene ring substituents is 1. The molecule has 0 aliphatic carbocycles. The fourth-order valence-electron chi connectivity index (χ4n) is 2.06. The van der Waals surface area contributed by atoms with Crippen LogP contribution in [-0.4, -0.2) is 14.5 Å². The van der Waals surface area contributed by atoms with Gasteiger partial charge in [0.1, 0.15) is 0 Å². The molecule has 6 nitrogen and oxygen atoms in total. The van der Waals surface area contributed by atoms with Gasteiger partial charge in [-0.15, -0.1) is 0 Å². The van der Waals surface area contributed by atoms with Crippen LogP contribution in [0.5, 0.6) is 0 Å². The van der Waals surface area contributed by atoms with Crippen molar-refractivity contribution < 1.29 is 4.92 Å². The van der Waals surface area contributed by atoms with Crippen LogP contribution in [0.25, 0.3) is 16.7 Å². The van der Waals surface area contributed by atoms with E-state index in [0.717, 1.165) is 11.0 Å². The number of anilines is 1. The maximum atomic E-state index is 10.8. The summed E-state index contributed by atoms with van der Waals surface area (Å²) < 4.78 is 1.70. The average Bonchev–Trinajstić information content (AvgIpc) is 2.74. The van der Waals surface area contributed by atoms with Crippen LogP contribution in [-0.2, 0) is 0 Å². The highest BCUT2D eigenvalue weighted by Crippen LogP contribution is 2.25. The fraction of sp³-hybridized carbons (Fsp3) is 0. The van der Waals surface area contributed by atoms with E-state index in [2.05, 4.69) is 4.98 Å². The Morgan fingerprint density at radius 3 is 2.74 bits per heavy atom. The van der Waals surface area contributed by atoms with Crippen LogP contribution >= 0.6 is 0 Å². The molecule has 2 aromatic carbocycles. The van der Waals surface area contributed by atoms with Crippen molar-refractivity contribution in [2.45, 2.75) is 0 Å². The minimum atomic E-state index is -0.432. The van der Waals surface area contributed by atoms with Gasteiger partial charge in [0.05, 0.1) is 21.6 Å². The molecule has 3 rings (SSSR count). The molecule has 0 aliphatic heterocycles. The molecule has 0 saturated heterocycles. The van der Waals surface area contributed by atoms with Crippen molar-refractivity contribution in [2.24, 2.45) is 0 Å². The van der Waals surface area contributed by atoms with Gasteiger partial charge in [-0.1, -0.05) is 18.2 Å². The lowest BCUT2D eigenvalue weighted by atomic mass is 10.2. The highest BCUT2D eigenvalue weighted by molar-refractivity contribution is 5.80. The van der Waals surface area contributed by atoms with Crippen LogP contribution in [0.2, 0.25) is 0 Å². The number of aromatic nitrogens is 2. The van der Waals surface area contributed by atoms with Crippen molar-refractivity contribution in [3.8, 4) is 5.69 Å². The van der Waals surface area contributed by atoms with E-state index in [1.54, 1.807) is 16.7 Å². The number of imidazole rings is 1. The maximum Gasteiger partial charge on any atom is 0.271 e. The summed E-state index contributed by atoms with van der Waals surface area (Å²) in [6.45, 7) is 0. The van der Waals surface area contributed by atoms with Crippen molar-refractivity contribution in [3.63, 3.8) is 0 Å². The van der Waals surface area contributed by atoms with Crippen LogP contribution in [0, 0.1) is 10.1 Å². The van der Waals surface area contributed by atoms with E-state index in [4.69, 9.17) is 5.73 Å². The number of fused-ring (bicyclic) bond motifs is 1. The minimum Gasteiger partial charge on any atom is -0.369 e. The minimum absolute atomic E-state index is 0.0229. The SMILES string of the molecule is Nc1nc2ccccc2n1-c1cccc([N+](=O)[O-])c1. The van der Waals surface area contributed by atoms with Gasteiger partial charge in [-0.25, -0.2) is 4.98 Å². The number of rotatable bonds is 2. The van der Waals surface area contributed by atoms with Gasteiger partial charge in [0, 0.05) is 12.1 Å². The maximum absolute atomic E-state index is 10.8. The number of nitrogens with two attached hydrogens (primary N) is 1. The van der Waals surface area contributed by atoms with Gasteiger partial charge in [-0.05, 0) is 18.2 Å². The third-order valence-corrected chi connectivity index (χ3v) is 2.89. The summed E-state index contributed by atoms with van der Waals surface area (Å²) in [7, 11) is 0. The van der Waals surface area contributed by atoms with Crippen molar-refractivity contribution in [1.29, 1.82) is 0 Å². The second kappa shape index (κ2) is 4.09. The Morgan fingerprint density at radius 1 is 1.16 bits per heavy atom.